The minimum absolute atomic E-state index is 0.111. The average Bonchev–Trinajstić information content (AvgIpc) is 2.77. The van der Waals surface area contributed by atoms with Gasteiger partial charge in [-0.05, 0) is 55.2 Å². The SMILES string of the molecule is CCCCCCCCCCCCCCCCC[C@H]1CC[C@H](c2ccc(F)cc2)CC1. The second kappa shape index (κ2) is 16.8. The van der Waals surface area contributed by atoms with Gasteiger partial charge >= 0.3 is 0 Å². The summed E-state index contributed by atoms with van der Waals surface area (Å²) < 4.78 is 13.1. The number of unbranched alkanes of at least 4 members (excludes halogenated alkanes) is 14. The van der Waals surface area contributed by atoms with Gasteiger partial charge < -0.3 is 0 Å². The zero-order valence-corrected chi connectivity index (χ0v) is 20.0. The third-order valence-electron chi connectivity index (χ3n) is 7.40. The molecule has 2 rings (SSSR count). The van der Waals surface area contributed by atoms with Crippen LogP contribution in [0.3, 0.4) is 0 Å². The van der Waals surface area contributed by atoms with Crippen molar-refractivity contribution in [1.82, 2.24) is 0 Å². The van der Waals surface area contributed by atoms with Crippen molar-refractivity contribution in [1.29, 1.82) is 0 Å². The number of halogens is 1. The number of hydrogen-bond donors (Lipinski definition) is 0. The predicted molar refractivity (Wildman–Crippen MR) is 131 cm³/mol. The maximum Gasteiger partial charge on any atom is 0.123 e. The van der Waals surface area contributed by atoms with Gasteiger partial charge in [-0.15, -0.1) is 0 Å². The van der Waals surface area contributed by atoms with Crippen LogP contribution >= 0.6 is 0 Å². The van der Waals surface area contributed by atoms with Crippen LogP contribution in [-0.2, 0) is 0 Å². The number of benzene rings is 1. The van der Waals surface area contributed by atoms with Gasteiger partial charge in [0.05, 0.1) is 0 Å². The molecule has 0 bridgehead atoms. The molecule has 1 aliphatic carbocycles. The van der Waals surface area contributed by atoms with E-state index in [0.29, 0.717) is 5.92 Å². The van der Waals surface area contributed by atoms with E-state index in [4.69, 9.17) is 0 Å². The Kier molecular flexibility index (Phi) is 14.2. The first kappa shape index (κ1) is 25.4. The van der Waals surface area contributed by atoms with Crippen molar-refractivity contribution in [2.24, 2.45) is 5.92 Å². The summed E-state index contributed by atoms with van der Waals surface area (Å²) in [7, 11) is 0. The van der Waals surface area contributed by atoms with E-state index in [1.165, 1.54) is 134 Å². The molecule has 30 heavy (non-hydrogen) atoms. The predicted octanol–water partition coefficient (Wildman–Crippen LogP) is 10.4. The van der Waals surface area contributed by atoms with Crippen molar-refractivity contribution in [3.63, 3.8) is 0 Å². The molecule has 0 amide bonds. The highest BCUT2D eigenvalue weighted by Crippen LogP contribution is 2.37. The molecule has 1 fully saturated rings. The standard InChI is InChI=1S/C29H49F/c1-2-3-4-5-6-7-8-9-10-11-12-13-14-15-16-17-26-18-20-27(21-19-26)28-22-24-29(30)25-23-28/h22-27H,2-21H2,1H3/t26-,27-. The molecule has 1 aromatic carbocycles. The van der Waals surface area contributed by atoms with Gasteiger partial charge in [0.2, 0.25) is 0 Å². The molecular formula is C29H49F. The molecule has 1 heteroatoms. The van der Waals surface area contributed by atoms with E-state index in [9.17, 15) is 4.39 Å². The second-order valence-corrected chi connectivity index (χ2v) is 10.0. The molecule has 1 aromatic rings. The van der Waals surface area contributed by atoms with Crippen molar-refractivity contribution >= 4 is 0 Å². The van der Waals surface area contributed by atoms with Gasteiger partial charge in [-0.2, -0.15) is 0 Å². The van der Waals surface area contributed by atoms with E-state index in [2.05, 4.69) is 6.92 Å². The van der Waals surface area contributed by atoms with Gasteiger partial charge in [-0.25, -0.2) is 4.39 Å². The Hall–Kier alpha value is -0.850. The third kappa shape index (κ3) is 11.5. The summed E-state index contributed by atoms with van der Waals surface area (Å²) in [5.74, 6) is 1.51. The Morgan fingerprint density at radius 1 is 0.600 bits per heavy atom. The minimum Gasteiger partial charge on any atom is -0.207 e. The second-order valence-electron chi connectivity index (χ2n) is 10.0. The highest BCUT2D eigenvalue weighted by molar-refractivity contribution is 5.20. The third-order valence-corrected chi connectivity index (χ3v) is 7.40. The average molecular weight is 417 g/mol. The fraction of sp³-hybridized carbons (Fsp3) is 0.793. The van der Waals surface area contributed by atoms with E-state index in [-0.39, 0.29) is 5.82 Å². The Bertz CT molecular complexity index is 498. The molecule has 0 heterocycles. The first-order valence-corrected chi connectivity index (χ1v) is 13.5. The first-order chi connectivity index (χ1) is 14.8. The zero-order chi connectivity index (χ0) is 21.3. The molecule has 0 spiro atoms. The summed E-state index contributed by atoms with van der Waals surface area (Å²) in [6.07, 6.45) is 28.5. The lowest BCUT2D eigenvalue weighted by Crippen LogP contribution is -2.13. The highest BCUT2D eigenvalue weighted by atomic mass is 19.1. The summed E-state index contributed by atoms with van der Waals surface area (Å²) in [6, 6.07) is 7.23. The molecule has 1 saturated carbocycles. The molecule has 0 unspecified atom stereocenters. The van der Waals surface area contributed by atoms with E-state index in [1.54, 1.807) is 12.1 Å². The molecule has 0 nitrogen and oxygen atoms in total. The lowest BCUT2D eigenvalue weighted by atomic mass is 9.77. The Balaban J connectivity index is 1.33. The van der Waals surface area contributed by atoms with Crippen LogP contribution in [0.25, 0.3) is 0 Å². The fourth-order valence-electron chi connectivity index (χ4n) is 5.32. The normalized spacial score (nSPS) is 19.3. The smallest absolute Gasteiger partial charge is 0.123 e. The van der Waals surface area contributed by atoms with Crippen LogP contribution in [0, 0.1) is 11.7 Å². The Morgan fingerprint density at radius 3 is 1.50 bits per heavy atom. The molecule has 0 aliphatic heterocycles. The van der Waals surface area contributed by atoms with Crippen LogP contribution in [0.15, 0.2) is 24.3 Å². The lowest BCUT2D eigenvalue weighted by Gasteiger charge is -2.28. The van der Waals surface area contributed by atoms with Crippen molar-refractivity contribution in [2.45, 2.75) is 141 Å². The van der Waals surface area contributed by atoms with Crippen molar-refractivity contribution in [3.05, 3.63) is 35.6 Å². The maximum absolute atomic E-state index is 13.1. The van der Waals surface area contributed by atoms with E-state index < -0.39 is 0 Å². The van der Waals surface area contributed by atoms with Gasteiger partial charge in [-0.3, -0.25) is 0 Å². The van der Waals surface area contributed by atoms with Gasteiger partial charge in [-0.1, -0.05) is 122 Å². The molecule has 0 radical (unpaired) electrons. The van der Waals surface area contributed by atoms with Crippen LogP contribution in [0.1, 0.15) is 147 Å². The van der Waals surface area contributed by atoms with Crippen LogP contribution in [0.2, 0.25) is 0 Å². The number of hydrogen-bond acceptors (Lipinski definition) is 0. The van der Waals surface area contributed by atoms with Crippen molar-refractivity contribution in [2.75, 3.05) is 0 Å². The van der Waals surface area contributed by atoms with E-state index in [1.807, 2.05) is 12.1 Å². The van der Waals surface area contributed by atoms with Gasteiger partial charge in [0, 0.05) is 0 Å². The monoisotopic (exact) mass is 416 g/mol. The number of rotatable bonds is 17. The maximum atomic E-state index is 13.1. The van der Waals surface area contributed by atoms with Crippen LogP contribution in [0.5, 0.6) is 0 Å². The van der Waals surface area contributed by atoms with Crippen LogP contribution in [0.4, 0.5) is 4.39 Å². The molecule has 0 aromatic heterocycles. The summed E-state index contributed by atoms with van der Waals surface area (Å²) in [4.78, 5) is 0. The van der Waals surface area contributed by atoms with Gasteiger partial charge in [0.15, 0.2) is 0 Å². The lowest BCUT2D eigenvalue weighted by molar-refractivity contribution is 0.301. The van der Waals surface area contributed by atoms with Gasteiger partial charge in [0.25, 0.3) is 0 Å². The Morgan fingerprint density at radius 2 is 1.03 bits per heavy atom. The minimum atomic E-state index is -0.111. The summed E-state index contributed by atoms with van der Waals surface area (Å²) in [5.41, 5.74) is 1.35. The molecule has 172 valence electrons. The van der Waals surface area contributed by atoms with E-state index >= 15 is 0 Å². The van der Waals surface area contributed by atoms with E-state index in [0.717, 1.165) is 5.92 Å². The van der Waals surface area contributed by atoms with Crippen molar-refractivity contribution in [3.8, 4) is 0 Å². The van der Waals surface area contributed by atoms with Gasteiger partial charge in [0.1, 0.15) is 5.82 Å². The quantitative estimate of drug-likeness (QED) is 0.221. The fourth-order valence-corrected chi connectivity index (χ4v) is 5.32. The van der Waals surface area contributed by atoms with Crippen LogP contribution < -0.4 is 0 Å². The molecule has 1 aliphatic rings. The largest absolute Gasteiger partial charge is 0.207 e. The molecule has 0 saturated heterocycles. The summed E-state index contributed by atoms with van der Waals surface area (Å²) >= 11 is 0. The molecule has 0 N–H and O–H groups in total. The first-order valence-electron chi connectivity index (χ1n) is 13.5. The topological polar surface area (TPSA) is 0 Å². The highest BCUT2D eigenvalue weighted by Gasteiger charge is 2.21. The van der Waals surface area contributed by atoms with Crippen LogP contribution in [-0.4, -0.2) is 0 Å². The summed E-state index contributed by atoms with van der Waals surface area (Å²) in [5, 5.41) is 0. The molecule has 0 atom stereocenters. The Labute approximate surface area is 187 Å². The molecular weight excluding hydrogens is 367 g/mol. The zero-order valence-electron chi connectivity index (χ0n) is 20.0. The van der Waals surface area contributed by atoms with Crippen molar-refractivity contribution < 1.29 is 4.39 Å². The summed E-state index contributed by atoms with van der Waals surface area (Å²) in [6.45, 7) is 2.30.